The van der Waals surface area contributed by atoms with Crippen molar-refractivity contribution in [3.63, 3.8) is 0 Å². The number of carboxylic acid groups (broad SMARTS) is 1. The Balaban J connectivity index is 2.23. The van der Waals surface area contributed by atoms with E-state index in [4.69, 9.17) is 9.63 Å². The lowest BCUT2D eigenvalue weighted by Crippen LogP contribution is -2.43. The van der Waals surface area contributed by atoms with E-state index in [1.54, 1.807) is 0 Å². The Morgan fingerprint density at radius 1 is 1.60 bits per heavy atom. The Morgan fingerprint density at radius 2 is 2.40 bits per heavy atom. The van der Waals surface area contributed by atoms with Crippen molar-refractivity contribution in [1.82, 2.24) is 15.5 Å². The van der Waals surface area contributed by atoms with Crippen LogP contribution in [0.4, 0.5) is 0 Å². The second-order valence-corrected chi connectivity index (χ2v) is 3.94. The molecule has 0 aromatic carbocycles. The molecule has 1 unspecified atom stereocenters. The molecular formula is C9H13N3O3. The van der Waals surface area contributed by atoms with E-state index >= 15 is 0 Å². The molecule has 1 aliphatic rings. The van der Waals surface area contributed by atoms with Crippen LogP contribution >= 0.6 is 0 Å². The van der Waals surface area contributed by atoms with Crippen LogP contribution in [0.2, 0.25) is 0 Å². The Kier molecular flexibility index (Phi) is 2.44. The minimum atomic E-state index is -1.16. The van der Waals surface area contributed by atoms with Gasteiger partial charge in [0.05, 0.1) is 5.54 Å². The third-order valence-electron chi connectivity index (χ3n) is 2.71. The standard InChI is InChI=1S/C9H13N3O3/c1-9(4-2-3-5-10-9)8-11-6(7(13)14)12-15-8/h10H,2-5H2,1H3,(H,13,14). The van der Waals surface area contributed by atoms with Gasteiger partial charge in [-0.05, 0) is 37.9 Å². The minimum Gasteiger partial charge on any atom is -0.475 e. The van der Waals surface area contributed by atoms with Crippen LogP contribution in [0.15, 0.2) is 4.52 Å². The summed E-state index contributed by atoms with van der Waals surface area (Å²) in [6, 6.07) is 0. The van der Waals surface area contributed by atoms with Crippen LogP contribution in [-0.2, 0) is 5.54 Å². The normalized spacial score (nSPS) is 26.5. The van der Waals surface area contributed by atoms with Gasteiger partial charge in [0.2, 0.25) is 5.89 Å². The second kappa shape index (κ2) is 3.62. The summed E-state index contributed by atoms with van der Waals surface area (Å²) in [7, 11) is 0. The third-order valence-corrected chi connectivity index (χ3v) is 2.71. The average molecular weight is 211 g/mol. The summed E-state index contributed by atoms with van der Waals surface area (Å²) in [6.07, 6.45) is 3.08. The number of carboxylic acids is 1. The minimum absolute atomic E-state index is 0.279. The highest BCUT2D eigenvalue weighted by molar-refractivity contribution is 5.82. The zero-order valence-corrected chi connectivity index (χ0v) is 8.49. The molecule has 2 N–H and O–H groups in total. The summed E-state index contributed by atoms with van der Waals surface area (Å²) in [5.74, 6) is -1.08. The highest BCUT2D eigenvalue weighted by Crippen LogP contribution is 2.28. The molecule has 1 aromatic rings. The monoisotopic (exact) mass is 211 g/mol. The van der Waals surface area contributed by atoms with Gasteiger partial charge in [-0.3, -0.25) is 0 Å². The van der Waals surface area contributed by atoms with Crippen molar-refractivity contribution in [2.24, 2.45) is 0 Å². The van der Waals surface area contributed by atoms with Crippen molar-refractivity contribution in [2.45, 2.75) is 31.7 Å². The van der Waals surface area contributed by atoms with Crippen LogP contribution in [0.1, 0.15) is 42.7 Å². The molecule has 1 atom stereocenters. The molecule has 1 aliphatic heterocycles. The van der Waals surface area contributed by atoms with Crippen molar-refractivity contribution in [1.29, 1.82) is 0 Å². The van der Waals surface area contributed by atoms with Crippen LogP contribution < -0.4 is 5.32 Å². The molecule has 2 rings (SSSR count). The van der Waals surface area contributed by atoms with Crippen molar-refractivity contribution in [3.05, 3.63) is 11.7 Å². The second-order valence-electron chi connectivity index (χ2n) is 3.94. The van der Waals surface area contributed by atoms with Crippen molar-refractivity contribution in [2.75, 3.05) is 6.54 Å². The van der Waals surface area contributed by atoms with Crippen LogP contribution in [0.5, 0.6) is 0 Å². The zero-order valence-electron chi connectivity index (χ0n) is 8.49. The Labute approximate surface area is 86.7 Å². The number of aromatic carboxylic acids is 1. The van der Waals surface area contributed by atoms with E-state index in [0.717, 1.165) is 25.8 Å². The van der Waals surface area contributed by atoms with E-state index in [0.29, 0.717) is 5.89 Å². The maximum absolute atomic E-state index is 10.6. The van der Waals surface area contributed by atoms with E-state index in [-0.39, 0.29) is 11.4 Å². The largest absolute Gasteiger partial charge is 0.475 e. The van der Waals surface area contributed by atoms with E-state index in [1.807, 2.05) is 6.92 Å². The van der Waals surface area contributed by atoms with Crippen molar-refractivity contribution in [3.8, 4) is 0 Å². The van der Waals surface area contributed by atoms with Gasteiger partial charge in [0.15, 0.2) is 0 Å². The number of aromatic nitrogens is 2. The van der Waals surface area contributed by atoms with Gasteiger partial charge in [0.25, 0.3) is 5.82 Å². The van der Waals surface area contributed by atoms with Gasteiger partial charge in [-0.2, -0.15) is 4.98 Å². The SMILES string of the molecule is CC1(c2nc(C(=O)O)no2)CCCCN1. The zero-order chi connectivity index (χ0) is 10.9. The summed E-state index contributed by atoms with van der Waals surface area (Å²) >= 11 is 0. The number of hydrogen-bond acceptors (Lipinski definition) is 5. The predicted octanol–water partition coefficient (Wildman–Crippen LogP) is 0.756. The first-order chi connectivity index (χ1) is 7.12. The van der Waals surface area contributed by atoms with E-state index in [1.165, 1.54) is 0 Å². The molecule has 2 heterocycles. The fourth-order valence-electron chi connectivity index (χ4n) is 1.77. The fourth-order valence-corrected chi connectivity index (χ4v) is 1.77. The molecule has 1 aromatic heterocycles. The van der Waals surface area contributed by atoms with Gasteiger partial charge in [-0.25, -0.2) is 4.79 Å². The molecule has 0 spiro atoms. The van der Waals surface area contributed by atoms with Crippen molar-refractivity contribution < 1.29 is 14.4 Å². The summed E-state index contributed by atoms with van der Waals surface area (Å²) in [5.41, 5.74) is -0.376. The molecule has 0 saturated carbocycles. The van der Waals surface area contributed by atoms with Gasteiger partial charge in [0, 0.05) is 0 Å². The molecular weight excluding hydrogens is 198 g/mol. The topological polar surface area (TPSA) is 88.2 Å². The van der Waals surface area contributed by atoms with E-state index in [9.17, 15) is 4.79 Å². The predicted molar refractivity (Wildman–Crippen MR) is 50.5 cm³/mol. The first kappa shape index (κ1) is 10.1. The molecule has 82 valence electrons. The number of rotatable bonds is 2. The number of carbonyl (C=O) groups is 1. The number of nitrogens with one attached hydrogen (secondary N) is 1. The summed E-state index contributed by atoms with van der Waals surface area (Å²) in [6.45, 7) is 2.84. The first-order valence-electron chi connectivity index (χ1n) is 4.94. The smallest absolute Gasteiger partial charge is 0.377 e. The first-order valence-corrected chi connectivity index (χ1v) is 4.94. The summed E-state index contributed by atoms with van der Waals surface area (Å²) in [5, 5.41) is 15.4. The maximum atomic E-state index is 10.6. The number of hydrogen-bond donors (Lipinski definition) is 2. The van der Waals surface area contributed by atoms with E-state index < -0.39 is 5.97 Å². The molecule has 1 saturated heterocycles. The van der Waals surface area contributed by atoms with Crippen LogP contribution in [0, 0.1) is 0 Å². The summed E-state index contributed by atoms with van der Waals surface area (Å²) < 4.78 is 4.96. The molecule has 6 heteroatoms. The molecule has 0 aliphatic carbocycles. The Bertz CT molecular complexity index is 368. The van der Waals surface area contributed by atoms with Crippen LogP contribution in [-0.4, -0.2) is 27.8 Å². The molecule has 0 amide bonds. The maximum Gasteiger partial charge on any atom is 0.377 e. The lowest BCUT2D eigenvalue weighted by Gasteiger charge is -2.31. The number of piperidine rings is 1. The van der Waals surface area contributed by atoms with Crippen LogP contribution in [0.3, 0.4) is 0 Å². The van der Waals surface area contributed by atoms with Gasteiger partial charge < -0.3 is 14.9 Å². The fraction of sp³-hybridized carbons (Fsp3) is 0.667. The van der Waals surface area contributed by atoms with Gasteiger partial charge >= 0.3 is 5.97 Å². The van der Waals surface area contributed by atoms with Crippen molar-refractivity contribution >= 4 is 5.97 Å². The number of nitrogens with zero attached hydrogens (tertiary/aromatic N) is 2. The molecule has 6 nitrogen and oxygen atoms in total. The lowest BCUT2D eigenvalue weighted by molar-refractivity contribution is 0.0680. The molecule has 0 bridgehead atoms. The molecule has 1 fully saturated rings. The quantitative estimate of drug-likeness (QED) is 0.750. The van der Waals surface area contributed by atoms with E-state index in [2.05, 4.69) is 15.5 Å². The van der Waals surface area contributed by atoms with Crippen LogP contribution in [0.25, 0.3) is 0 Å². The molecule has 0 radical (unpaired) electrons. The highest BCUT2D eigenvalue weighted by Gasteiger charge is 2.34. The lowest BCUT2D eigenvalue weighted by atomic mass is 9.91. The third kappa shape index (κ3) is 1.85. The summed E-state index contributed by atoms with van der Waals surface area (Å²) in [4.78, 5) is 14.5. The van der Waals surface area contributed by atoms with Gasteiger partial charge in [-0.15, -0.1) is 0 Å². The Hall–Kier alpha value is -1.43. The highest BCUT2D eigenvalue weighted by atomic mass is 16.5. The Morgan fingerprint density at radius 3 is 2.93 bits per heavy atom. The van der Waals surface area contributed by atoms with Gasteiger partial charge in [-0.1, -0.05) is 0 Å². The molecule has 15 heavy (non-hydrogen) atoms. The average Bonchev–Trinajstić information content (AvgIpc) is 2.68. The van der Waals surface area contributed by atoms with Gasteiger partial charge in [0.1, 0.15) is 0 Å².